The van der Waals surface area contributed by atoms with Crippen molar-refractivity contribution < 1.29 is 130 Å². The van der Waals surface area contributed by atoms with Crippen LogP contribution in [-0.4, -0.2) is 246 Å². The normalized spacial score (nSPS) is 12.4. The molecular weight excluding hydrogens is 1520 g/mol. The zero-order valence-electron chi connectivity index (χ0n) is 71.1. The Bertz CT molecular complexity index is 2780. The lowest BCUT2D eigenvalue weighted by atomic mass is 9.79. The fourth-order valence-electron chi connectivity index (χ4n) is 12.3. The lowest BCUT2D eigenvalue weighted by Crippen LogP contribution is -2.41. The summed E-state index contributed by atoms with van der Waals surface area (Å²) in [4.78, 5) is 183. The number of unbranched alkanes of at least 4 members (excludes halogenated alkanes) is 20. The molecular formula is C85H147N5O27. The predicted molar refractivity (Wildman–Crippen MR) is 436 cm³/mol. The standard InChI is InChI=1S/C85H147N5O27/c1-66(91)67(31-25-27-43-86-78(99)63-115-56-52-111-48-30-35-72(94)62-114-55-53-112-49-45-88-76(97)42-39-69(83(106)107)59-71(93)33-21-17-13-9-5-7-11-15-19-23-37-81(102)103)60-74(95)68(61-75(96)85(2,3)4)32-26-28-44-87-79(100)64-117-58-54-113-50-46-89-80(101)65-116-57-51-110-47-29-34-70(92)40-41-73(84(108)109)90-77(98)36-22-18-14-10-6-8-12-16-20-24-38-82(104)105/h67-69,73H,5-65H2,1-4H3,(H,86,99)(H,87,100)(H,88,97)(H,89,101)(H,90,98)(H,102,103)(H,104,105)(H,106,107)(H,108,109)/t67-,68-,69-,73+/m1/s1. The Hall–Kier alpha value is -7.07. The van der Waals surface area contributed by atoms with Gasteiger partial charge < -0.3 is 84.9 Å². The van der Waals surface area contributed by atoms with Crippen LogP contribution in [0.4, 0.5) is 0 Å². The molecule has 0 aromatic heterocycles. The number of carboxylic acids is 4. The molecule has 0 spiro atoms. The maximum atomic E-state index is 13.8. The van der Waals surface area contributed by atoms with Gasteiger partial charge in [0.25, 0.3) is 0 Å². The van der Waals surface area contributed by atoms with Gasteiger partial charge in [0.15, 0.2) is 5.78 Å². The molecule has 32 nitrogen and oxygen atoms in total. The topological polar surface area (TPSA) is 471 Å². The van der Waals surface area contributed by atoms with Gasteiger partial charge in [0, 0.05) is 127 Å². The van der Waals surface area contributed by atoms with Crippen molar-refractivity contribution in [1.29, 1.82) is 0 Å². The third-order valence-electron chi connectivity index (χ3n) is 19.5. The van der Waals surface area contributed by atoms with Gasteiger partial charge in [-0.1, -0.05) is 136 Å². The number of carboxylic acid groups (broad SMARTS) is 4. The summed E-state index contributed by atoms with van der Waals surface area (Å²) in [6.07, 6.45) is 24.4. The van der Waals surface area contributed by atoms with Gasteiger partial charge in [-0.3, -0.25) is 67.1 Å². The molecule has 0 aliphatic rings. The van der Waals surface area contributed by atoms with Crippen LogP contribution in [-0.2, 0) is 110 Å². The summed E-state index contributed by atoms with van der Waals surface area (Å²) in [5.41, 5.74) is -0.670. The lowest BCUT2D eigenvalue weighted by molar-refractivity contribution is -0.144. The molecule has 0 radical (unpaired) electrons. The number of Topliss-reactive ketones (excluding diaryl/α,β-unsaturated/α-hetero) is 6. The first-order valence-electron chi connectivity index (χ1n) is 43.1. The summed E-state index contributed by atoms with van der Waals surface area (Å²) < 4.78 is 43.5. The summed E-state index contributed by atoms with van der Waals surface area (Å²) in [5, 5.41) is 50.1. The molecule has 0 aliphatic carbocycles. The number of aliphatic carboxylic acids is 4. The van der Waals surface area contributed by atoms with Gasteiger partial charge in [0.2, 0.25) is 29.5 Å². The minimum Gasteiger partial charge on any atom is -0.481 e. The van der Waals surface area contributed by atoms with Crippen molar-refractivity contribution in [3.05, 3.63) is 0 Å². The van der Waals surface area contributed by atoms with Crippen LogP contribution in [0.5, 0.6) is 0 Å². The fourth-order valence-corrected chi connectivity index (χ4v) is 12.3. The van der Waals surface area contributed by atoms with E-state index in [9.17, 15) is 82.1 Å². The molecule has 0 saturated heterocycles. The van der Waals surface area contributed by atoms with E-state index < -0.39 is 53.1 Å². The van der Waals surface area contributed by atoms with Crippen molar-refractivity contribution in [2.75, 3.05) is 132 Å². The molecule has 0 unspecified atom stereocenters. The predicted octanol–water partition coefficient (Wildman–Crippen LogP) is 9.73. The molecule has 0 aromatic carbocycles. The molecule has 117 heavy (non-hydrogen) atoms. The van der Waals surface area contributed by atoms with Gasteiger partial charge >= 0.3 is 23.9 Å². The maximum absolute atomic E-state index is 13.8. The van der Waals surface area contributed by atoms with E-state index in [-0.39, 0.29) is 253 Å². The third-order valence-corrected chi connectivity index (χ3v) is 19.5. The van der Waals surface area contributed by atoms with Crippen LogP contribution >= 0.6 is 0 Å². The average Bonchev–Trinajstić information content (AvgIpc) is 0.880. The zero-order valence-corrected chi connectivity index (χ0v) is 71.1. The summed E-state index contributed by atoms with van der Waals surface area (Å²) in [6, 6.07) is -1.15. The van der Waals surface area contributed by atoms with Crippen molar-refractivity contribution >= 4 is 88.1 Å². The van der Waals surface area contributed by atoms with E-state index in [4.69, 9.17) is 48.1 Å². The Labute approximate surface area is 694 Å². The molecule has 0 bridgehead atoms. The number of ketones is 6. The number of carbonyl (C=O) groups is 15. The van der Waals surface area contributed by atoms with Gasteiger partial charge in [0.1, 0.15) is 61.4 Å². The van der Waals surface area contributed by atoms with Gasteiger partial charge in [0.05, 0.1) is 72.0 Å². The van der Waals surface area contributed by atoms with E-state index in [1.807, 2.05) is 0 Å². The molecule has 0 rings (SSSR count). The molecule has 0 heterocycles. The van der Waals surface area contributed by atoms with Crippen LogP contribution < -0.4 is 26.6 Å². The second-order valence-electron chi connectivity index (χ2n) is 31.1. The molecule has 0 fully saturated rings. The number of hydrogen-bond donors (Lipinski definition) is 9. The summed E-state index contributed by atoms with van der Waals surface area (Å²) >= 11 is 0. The van der Waals surface area contributed by atoms with Crippen molar-refractivity contribution in [1.82, 2.24) is 26.6 Å². The van der Waals surface area contributed by atoms with E-state index in [1.54, 1.807) is 20.8 Å². The number of amides is 5. The lowest BCUT2D eigenvalue weighted by Gasteiger charge is -2.23. The minimum absolute atomic E-state index is 0.00501. The van der Waals surface area contributed by atoms with Crippen LogP contribution in [0.1, 0.15) is 291 Å². The van der Waals surface area contributed by atoms with E-state index >= 15 is 0 Å². The van der Waals surface area contributed by atoms with Crippen LogP contribution in [0.2, 0.25) is 0 Å². The molecule has 674 valence electrons. The van der Waals surface area contributed by atoms with E-state index in [1.165, 1.54) is 6.92 Å². The first-order chi connectivity index (χ1) is 56.1. The molecule has 0 aromatic rings. The number of ether oxygens (including phenoxy) is 8. The number of rotatable bonds is 87. The van der Waals surface area contributed by atoms with Crippen molar-refractivity contribution in [2.45, 2.75) is 297 Å². The molecule has 9 N–H and O–H groups in total. The number of carbonyl (C=O) groups excluding carboxylic acids is 11. The van der Waals surface area contributed by atoms with Gasteiger partial charge in [-0.2, -0.15) is 0 Å². The van der Waals surface area contributed by atoms with Crippen molar-refractivity contribution in [2.24, 2.45) is 23.2 Å². The first-order valence-corrected chi connectivity index (χ1v) is 43.1. The second-order valence-corrected chi connectivity index (χ2v) is 31.1. The van der Waals surface area contributed by atoms with Gasteiger partial charge in [-0.25, -0.2) is 4.79 Å². The molecule has 5 amide bonds. The Kier molecular flexibility index (Phi) is 70.6. The maximum Gasteiger partial charge on any atom is 0.326 e. The zero-order chi connectivity index (χ0) is 86.8. The monoisotopic (exact) mass is 1670 g/mol. The van der Waals surface area contributed by atoms with Gasteiger partial charge in [-0.05, 0) is 84.0 Å². The van der Waals surface area contributed by atoms with Crippen molar-refractivity contribution in [3.63, 3.8) is 0 Å². The average molecular weight is 1670 g/mol. The number of nitrogens with one attached hydrogen (secondary N) is 5. The Morgan fingerprint density at radius 1 is 0.282 bits per heavy atom. The van der Waals surface area contributed by atoms with Crippen LogP contribution in [0.15, 0.2) is 0 Å². The smallest absolute Gasteiger partial charge is 0.326 e. The Morgan fingerprint density at radius 2 is 0.658 bits per heavy atom. The highest BCUT2D eigenvalue weighted by molar-refractivity contribution is 5.93. The van der Waals surface area contributed by atoms with Crippen LogP contribution in [0.3, 0.4) is 0 Å². The first kappa shape index (κ1) is 110. The molecule has 0 saturated carbocycles. The van der Waals surface area contributed by atoms with Crippen LogP contribution in [0, 0.1) is 23.2 Å². The molecule has 32 heteroatoms. The van der Waals surface area contributed by atoms with E-state index in [0.717, 1.165) is 103 Å². The molecule has 0 aliphatic heterocycles. The van der Waals surface area contributed by atoms with Crippen molar-refractivity contribution in [3.8, 4) is 0 Å². The highest BCUT2D eigenvalue weighted by Crippen LogP contribution is 2.27. The van der Waals surface area contributed by atoms with E-state index in [0.29, 0.717) is 103 Å². The van der Waals surface area contributed by atoms with E-state index in [2.05, 4.69) is 26.6 Å². The fraction of sp³-hybridized carbons (Fsp3) is 0.824. The number of hydrogen-bond acceptors (Lipinski definition) is 23. The van der Waals surface area contributed by atoms with Crippen LogP contribution in [0.25, 0.3) is 0 Å². The summed E-state index contributed by atoms with van der Waals surface area (Å²) in [6.45, 7) is 9.53. The highest BCUT2D eigenvalue weighted by Gasteiger charge is 2.31. The highest BCUT2D eigenvalue weighted by atomic mass is 16.5. The summed E-state index contributed by atoms with van der Waals surface area (Å²) in [7, 11) is 0. The second kappa shape index (κ2) is 75.2. The third kappa shape index (κ3) is 72.7. The SMILES string of the molecule is CC(=O)[C@H](CCCCNC(=O)COCCOCCCC(=O)COCCOCCNC(=O)CC[C@H](CC(=O)CCCCCCCCCCCCC(=O)O)C(=O)O)CC(=O)[C@H](CCCCNC(=O)COCCOCCNC(=O)COCCOCCCC(=O)CC[C@H](NC(=O)CCCCCCCCCCCCC(=O)O)C(=O)O)CC(=O)C(C)(C)C. The minimum atomic E-state index is -1.19. The largest absolute Gasteiger partial charge is 0.481 e. The Balaban J connectivity index is 4.13. The quantitative estimate of drug-likeness (QED) is 0.0256. The van der Waals surface area contributed by atoms with Gasteiger partial charge in [-0.15, -0.1) is 0 Å². The Morgan fingerprint density at radius 3 is 1.09 bits per heavy atom. The summed E-state index contributed by atoms with van der Waals surface area (Å²) in [5.74, 6) is -8.32. The molecule has 4 atom stereocenters.